The van der Waals surface area contributed by atoms with Crippen LogP contribution < -0.4 is 10.6 Å². The van der Waals surface area contributed by atoms with E-state index in [-0.39, 0.29) is 31.3 Å². The number of ether oxygens (including phenoxy) is 5. The van der Waals surface area contributed by atoms with Crippen LogP contribution in [0.2, 0.25) is 0 Å². The van der Waals surface area contributed by atoms with E-state index in [1.807, 2.05) is 0 Å². The third-order valence-corrected chi connectivity index (χ3v) is 5.01. The normalized spacial score (nSPS) is 22.7. The van der Waals surface area contributed by atoms with E-state index in [2.05, 4.69) is 15.6 Å². The Bertz CT molecular complexity index is 824. The number of esters is 1. The molecule has 2 N–H and O–H groups in total. The van der Waals surface area contributed by atoms with Gasteiger partial charge in [0.25, 0.3) is 0 Å². The topological polar surface area (TPSA) is 151 Å². The maximum atomic E-state index is 12.6. The number of carbonyl (C=O) groups excluding carboxylic acids is 4. The second kappa shape index (κ2) is 11.1. The van der Waals surface area contributed by atoms with E-state index in [4.69, 9.17) is 23.7 Å². The van der Waals surface area contributed by atoms with Crippen molar-refractivity contribution in [2.45, 2.75) is 97.5 Å². The second-order valence-electron chi connectivity index (χ2n) is 11.0. The van der Waals surface area contributed by atoms with Gasteiger partial charge in [-0.3, -0.25) is 10.1 Å². The van der Waals surface area contributed by atoms with Crippen molar-refractivity contribution in [2.24, 2.45) is 10.4 Å². The highest BCUT2D eigenvalue weighted by molar-refractivity contribution is 5.99. The number of guanidine groups is 1. The quantitative estimate of drug-likeness (QED) is 0.256. The van der Waals surface area contributed by atoms with Gasteiger partial charge in [0.05, 0.1) is 0 Å². The largest absolute Gasteiger partial charge is 0.508 e. The first-order valence-corrected chi connectivity index (χ1v) is 11.6. The molecule has 0 aromatic carbocycles. The third kappa shape index (κ3) is 9.99. The minimum absolute atomic E-state index is 0.0809. The van der Waals surface area contributed by atoms with Crippen LogP contribution in [-0.4, -0.2) is 66.8 Å². The first-order valence-electron chi connectivity index (χ1n) is 11.6. The number of hydrogen-bond donors (Lipinski definition) is 2. The summed E-state index contributed by atoms with van der Waals surface area (Å²) in [5.41, 5.74) is -2.53. The molecule has 35 heavy (non-hydrogen) atoms. The monoisotopic (exact) mass is 499 g/mol. The van der Waals surface area contributed by atoms with E-state index in [0.29, 0.717) is 25.7 Å². The summed E-state index contributed by atoms with van der Waals surface area (Å²) < 4.78 is 25.7. The van der Waals surface area contributed by atoms with Gasteiger partial charge < -0.3 is 29.0 Å². The summed E-state index contributed by atoms with van der Waals surface area (Å²) in [7, 11) is 0. The van der Waals surface area contributed by atoms with Crippen molar-refractivity contribution in [3.63, 3.8) is 0 Å². The Morgan fingerprint density at radius 2 is 1.49 bits per heavy atom. The molecule has 0 aromatic rings. The van der Waals surface area contributed by atoms with Crippen LogP contribution in [0.25, 0.3) is 0 Å². The van der Waals surface area contributed by atoms with Crippen LogP contribution in [0, 0.1) is 5.41 Å². The minimum atomic E-state index is -1.05. The maximum absolute atomic E-state index is 12.6. The van der Waals surface area contributed by atoms with Crippen LogP contribution in [0.1, 0.15) is 74.1 Å². The highest BCUT2D eigenvalue weighted by atomic mass is 16.7. The summed E-state index contributed by atoms with van der Waals surface area (Å²) in [5.74, 6) is -0.567. The van der Waals surface area contributed by atoms with Crippen molar-refractivity contribution in [3.8, 4) is 0 Å². The van der Waals surface area contributed by atoms with E-state index in [1.54, 1.807) is 48.5 Å². The fourth-order valence-corrected chi connectivity index (χ4v) is 3.32. The van der Waals surface area contributed by atoms with Crippen LogP contribution in [-0.2, 0) is 28.5 Å². The zero-order chi connectivity index (χ0) is 26.4. The number of carbonyl (C=O) groups is 4. The summed E-state index contributed by atoms with van der Waals surface area (Å²) >= 11 is 0. The van der Waals surface area contributed by atoms with E-state index >= 15 is 0 Å². The van der Waals surface area contributed by atoms with Crippen molar-refractivity contribution in [3.05, 3.63) is 0 Å². The lowest BCUT2D eigenvalue weighted by Crippen LogP contribution is -2.49. The molecule has 0 unspecified atom stereocenters. The Morgan fingerprint density at radius 1 is 0.943 bits per heavy atom. The lowest BCUT2D eigenvalue weighted by atomic mass is 9.90. The van der Waals surface area contributed by atoms with Gasteiger partial charge in [0.15, 0.2) is 0 Å². The smallest absolute Gasteiger partial charge is 0.462 e. The highest BCUT2D eigenvalue weighted by Gasteiger charge is 2.43. The molecule has 12 heteroatoms. The molecule has 198 valence electrons. The molecule has 0 spiro atoms. The first-order chi connectivity index (χ1) is 16.0. The molecular formula is C23H37N3O9. The summed E-state index contributed by atoms with van der Waals surface area (Å²) in [5, 5.41) is 5.53. The van der Waals surface area contributed by atoms with Gasteiger partial charge in [0.2, 0.25) is 5.96 Å². The summed E-state index contributed by atoms with van der Waals surface area (Å²) in [4.78, 5) is 52.0. The lowest BCUT2D eigenvalue weighted by Gasteiger charge is -2.34. The predicted octanol–water partition coefficient (Wildman–Crippen LogP) is 3.42. The van der Waals surface area contributed by atoms with Gasteiger partial charge in [-0.15, -0.1) is 4.99 Å². The molecule has 0 radical (unpaired) electrons. The molecule has 0 bridgehead atoms. The molecule has 1 heterocycles. The van der Waals surface area contributed by atoms with Crippen molar-refractivity contribution in [1.82, 2.24) is 10.6 Å². The van der Waals surface area contributed by atoms with Gasteiger partial charge in [-0.1, -0.05) is 0 Å². The summed E-state index contributed by atoms with van der Waals surface area (Å²) in [6.07, 6.45) is -0.474. The predicted molar refractivity (Wildman–Crippen MR) is 124 cm³/mol. The Kier molecular flexibility index (Phi) is 8.96. The van der Waals surface area contributed by atoms with Crippen molar-refractivity contribution in [1.29, 1.82) is 0 Å². The van der Waals surface area contributed by atoms with Crippen LogP contribution in [0.5, 0.6) is 0 Å². The number of amides is 2. The van der Waals surface area contributed by atoms with Gasteiger partial charge in [0, 0.05) is 6.04 Å². The lowest BCUT2D eigenvalue weighted by molar-refractivity contribution is -0.173. The fraction of sp³-hybridized carbons (Fsp3) is 0.783. The molecule has 0 aromatic heterocycles. The van der Waals surface area contributed by atoms with E-state index in [1.165, 1.54) is 0 Å². The average molecular weight is 500 g/mol. The van der Waals surface area contributed by atoms with Gasteiger partial charge in [-0.25, -0.2) is 14.4 Å². The highest BCUT2D eigenvalue weighted by Crippen LogP contribution is 2.28. The Balaban J connectivity index is 1.94. The molecule has 2 fully saturated rings. The van der Waals surface area contributed by atoms with Crippen molar-refractivity contribution in [2.75, 3.05) is 13.2 Å². The Hall–Kier alpha value is -3.05. The van der Waals surface area contributed by atoms with Crippen LogP contribution in [0.15, 0.2) is 4.99 Å². The number of hydrogen-bond acceptors (Lipinski definition) is 9. The van der Waals surface area contributed by atoms with Gasteiger partial charge in [0.1, 0.15) is 35.9 Å². The standard InChI is InChI=1S/C23H37N3O9/c1-21(2,3)34-18(28)25-17(26-19(29)35-22(4,5)6)24-14-8-10-15(11-9-14)33-16(27)23(7)12-31-20(30)32-13-23/h14-15H,8-13H2,1-7H3,(H2,24,25,26,28,29). The number of aliphatic imine (C=N–C) groups is 1. The van der Waals surface area contributed by atoms with Gasteiger partial charge >= 0.3 is 24.3 Å². The zero-order valence-corrected chi connectivity index (χ0v) is 21.5. The molecule has 1 saturated heterocycles. The van der Waals surface area contributed by atoms with Crippen molar-refractivity contribution >= 4 is 30.3 Å². The van der Waals surface area contributed by atoms with E-state index in [9.17, 15) is 19.2 Å². The molecule has 2 rings (SSSR count). The number of nitrogens with one attached hydrogen (secondary N) is 2. The molecule has 2 amide bonds. The van der Waals surface area contributed by atoms with Crippen LogP contribution >= 0.6 is 0 Å². The number of nitrogens with zero attached hydrogens (tertiary/aromatic N) is 1. The van der Waals surface area contributed by atoms with Crippen molar-refractivity contribution < 1.29 is 42.9 Å². The molecular weight excluding hydrogens is 462 g/mol. The SMILES string of the molecule is CC(C)(C)OC(=O)/N=C(\NC(=O)OC(C)(C)C)NC1CCC(OC(=O)C2(C)COC(=O)OC2)CC1. The van der Waals surface area contributed by atoms with Gasteiger partial charge in [-0.2, -0.15) is 0 Å². The number of alkyl carbamates (subject to hydrolysis) is 1. The zero-order valence-electron chi connectivity index (χ0n) is 21.5. The number of cyclic esters (lactones) is 2. The molecule has 0 atom stereocenters. The average Bonchev–Trinajstić information content (AvgIpc) is 2.68. The third-order valence-electron chi connectivity index (χ3n) is 5.01. The minimum Gasteiger partial charge on any atom is -0.462 e. The Labute approximate surface area is 205 Å². The number of rotatable bonds is 3. The maximum Gasteiger partial charge on any atom is 0.508 e. The molecule has 12 nitrogen and oxygen atoms in total. The molecule has 1 aliphatic carbocycles. The second-order valence-corrected chi connectivity index (χ2v) is 11.0. The molecule has 1 aliphatic heterocycles. The summed E-state index contributed by atoms with van der Waals surface area (Å²) in [6.45, 7) is 11.7. The molecule has 2 aliphatic rings. The van der Waals surface area contributed by atoms with Gasteiger partial charge in [-0.05, 0) is 74.1 Å². The fourth-order valence-electron chi connectivity index (χ4n) is 3.32. The van der Waals surface area contributed by atoms with Crippen LogP contribution in [0.4, 0.5) is 14.4 Å². The first kappa shape index (κ1) is 28.2. The van der Waals surface area contributed by atoms with E-state index in [0.717, 1.165) is 0 Å². The Morgan fingerprint density at radius 3 is 2.00 bits per heavy atom. The van der Waals surface area contributed by atoms with Crippen LogP contribution in [0.3, 0.4) is 0 Å². The van der Waals surface area contributed by atoms with E-state index < -0.39 is 40.9 Å². The molecule has 1 saturated carbocycles. The summed E-state index contributed by atoms with van der Waals surface area (Å²) in [6, 6.07) is -0.143.